The predicted octanol–water partition coefficient (Wildman–Crippen LogP) is 6.16. The SMILES string of the molecule is C#CC.Cc1ccccc1-c1c(S(C)(=O)=O)sc2ccc(COc3ccc(CCc4nn[nH]n4)cc3)cc12.S.[HH]. The van der Waals surface area contributed by atoms with E-state index in [-0.39, 0.29) is 14.9 Å². The van der Waals surface area contributed by atoms with Crippen molar-refractivity contribution in [2.45, 2.75) is 37.5 Å². The van der Waals surface area contributed by atoms with Crippen LogP contribution in [0.25, 0.3) is 21.2 Å². The normalized spacial score (nSPS) is 10.7. The number of nitrogens with one attached hydrogen (secondary N) is 1. The molecule has 0 fully saturated rings. The van der Waals surface area contributed by atoms with E-state index in [0.717, 1.165) is 56.5 Å². The fourth-order valence-electron chi connectivity index (χ4n) is 4.05. The smallest absolute Gasteiger partial charge is 0.185 e. The number of hydrogen-bond donors (Lipinski definition) is 1. The van der Waals surface area contributed by atoms with Gasteiger partial charge < -0.3 is 4.74 Å². The van der Waals surface area contributed by atoms with Gasteiger partial charge in [0.25, 0.3) is 0 Å². The molecule has 0 saturated heterocycles. The zero-order valence-corrected chi connectivity index (χ0v) is 24.6. The number of tetrazole rings is 1. The molecule has 0 bridgehead atoms. The number of fused-ring (bicyclic) bond motifs is 1. The molecule has 0 atom stereocenters. The molecule has 0 aliphatic carbocycles. The number of terminal acetylenes is 1. The fourth-order valence-corrected chi connectivity index (χ4v) is 6.44. The number of rotatable bonds is 8. The van der Waals surface area contributed by atoms with Crippen molar-refractivity contribution in [2.75, 3.05) is 6.26 Å². The zero-order chi connectivity index (χ0) is 27.1. The van der Waals surface area contributed by atoms with Crippen molar-refractivity contribution < 1.29 is 14.6 Å². The Balaban J connectivity index is 0.00000107. The summed E-state index contributed by atoms with van der Waals surface area (Å²) in [7, 11) is -3.38. The molecule has 7 nitrogen and oxygen atoms in total. The highest BCUT2D eigenvalue weighted by Gasteiger charge is 2.22. The van der Waals surface area contributed by atoms with Gasteiger partial charge in [0.1, 0.15) is 16.6 Å². The first-order valence-electron chi connectivity index (χ1n) is 11.9. The lowest BCUT2D eigenvalue weighted by Gasteiger charge is -2.10. The van der Waals surface area contributed by atoms with Gasteiger partial charge in [-0.1, -0.05) is 47.7 Å². The fraction of sp³-hybridized carbons (Fsp3) is 0.207. The minimum Gasteiger partial charge on any atom is -0.489 e. The number of aromatic amines is 1. The van der Waals surface area contributed by atoms with E-state index in [4.69, 9.17) is 4.74 Å². The third-order valence-corrected chi connectivity index (χ3v) is 8.83. The second kappa shape index (κ2) is 13.4. The first-order valence-corrected chi connectivity index (χ1v) is 14.6. The number of ether oxygens (including phenoxy) is 1. The van der Waals surface area contributed by atoms with Gasteiger partial charge in [-0.3, -0.25) is 0 Å². The van der Waals surface area contributed by atoms with Gasteiger partial charge >= 0.3 is 0 Å². The number of benzene rings is 3. The molecule has 3 aromatic carbocycles. The molecule has 10 heteroatoms. The van der Waals surface area contributed by atoms with Crippen LogP contribution in [0.4, 0.5) is 0 Å². The van der Waals surface area contributed by atoms with Crippen LogP contribution in [0.3, 0.4) is 0 Å². The molecule has 1 N–H and O–H groups in total. The maximum absolute atomic E-state index is 12.6. The second-order valence-corrected chi connectivity index (χ2v) is 12.0. The average Bonchev–Trinajstić information content (AvgIpc) is 3.55. The number of aryl methyl sites for hydroxylation is 3. The molecule has 0 spiro atoms. The summed E-state index contributed by atoms with van der Waals surface area (Å²) < 4.78 is 32.6. The minimum atomic E-state index is -3.38. The molecule has 204 valence electrons. The van der Waals surface area contributed by atoms with Crippen molar-refractivity contribution in [3.05, 3.63) is 89.2 Å². The largest absolute Gasteiger partial charge is 0.489 e. The Kier molecular flexibility index (Phi) is 10.3. The molecule has 2 heterocycles. The van der Waals surface area contributed by atoms with Crippen LogP contribution in [0.1, 0.15) is 30.9 Å². The Morgan fingerprint density at radius 3 is 2.38 bits per heavy atom. The zero-order valence-electron chi connectivity index (χ0n) is 21.9. The van der Waals surface area contributed by atoms with Crippen molar-refractivity contribution in [1.29, 1.82) is 0 Å². The monoisotopic (exact) mass is 580 g/mol. The summed E-state index contributed by atoms with van der Waals surface area (Å²) in [6, 6.07) is 21.9. The van der Waals surface area contributed by atoms with Gasteiger partial charge in [0, 0.05) is 29.8 Å². The number of hydrogen-bond acceptors (Lipinski definition) is 7. The molecule has 0 radical (unpaired) electrons. The van der Waals surface area contributed by atoms with Crippen LogP contribution in [-0.4, -0.2) is 35.3 Å². The minimum absolute atomic E-state index is 0. The third kappa shape index (κ3) is 7.47. The summed E-state index contributed by atoms with van der Waals surface area (Å²) in [5.41, 5.74) is 4.90. The van der Waals surface area contributed by atoms with Crippen LogP contribution in [-0.2, 0) is 29.3 Å². The Morgan fingerprint density at radius 1 is 1.05 bits per heavy atom. The molecule has 0 saturated carbocycles. The van der Waals surface area contributed by atoms with E-state index in [2.05, 4.69) is 33.0 Å². The number of aromatic nitrogens is 4. The third-order valence-electron chi connectivity index (χ3n) is 5.83. The summed E-state index contributed by atoms with van der Waals surface area (Å²) in [6.45, 7) is 4.04. The van der Waals surface area contributed by atoms with E-state index in [1.54, 1.807) is 6.92 Å². The second-order valence-electron chi connectivity index (χ2n) is 8.73. The van der Waals surface area contributed by atoms with Crippen LogP contribution in [0.15, 0.2) is 70.9 Å². The van der Waals surface area contributed by atoms with E-state index in [0.29, 0.717) is 16.6 Å². The molecule has 0 aliphatic rings. The van der Waals surface area contributed by atoms with Crippen molar-refractivity contribution >= 4 is 44.8 Å². The molecule has 0 aliphatic heterocycles. The summed E-state index contributed by atoms with van der Waals surface area (Å²) in [6.07, 6.45) is 7.41. The van der Waals surface area contributed by atoms with Crippen molar-refractivity contribution in [3.8, 4) is 29.2 Å². The maximum Gasteiger partial charge on any atom is 0.185 e. The van der Waals surface area contributed by atoms with Crippen LogP contribution in [0, 0.1) is 19.3 Å². The Morgan fingerprint density at radius 2 is 1.74 bits per heavy atom. The van der Waals surface area contributed by atoms with Crippen molar-refractivity contribution in [3.63, 3.8) is 0 Å². The first kappa shape index (κ1) is 29.9. The number of nitrogens with zero attached hydrogens (tertiary/aromatic N) is 3. The molecular formula is C29H32N4O3S3. The van der Waals surface area contributed by atoms with Gasteiger partial charge in [0.05, 0.1) is 0 Å². The molecule has 0 amide bonds. The molecule has 39 heavy (non-hydrogen) atoms. The lowest BCUT2D eigenvalue weighted by Crippen LogP contribution is -1.98. The highest BCUT2D eigenvalue weighted by Crippen LogP contribution is 2.43. The summed E-state index contributed by atoms with van der Waals surface area (Å²) in [5, 5.41) is 14.9. The first-order chi connectivity index (χ1) is 18.3. The Labute approximate surface area is 241 Å². The molecule has 2 aromatic heterocycles. The van der Waals surface area contributed by atoms with Crippen LogP contribution in [0.5, 0.6) is 5.75 Å². The van der Waals surface area contributed by atoms with E-state index in [1.807, 2.05) is 73.7 Å². The predicted molar refractivity (Wildman–Crippen MR) is 164 cm³/mol. The lowest BCUT2D eigenvalue weighted by molar-refractivity contribution is 0.306. The van der Waals surface area contributed by atoms with E-state index in [1.165, 1.54) is 17.6 Å². The highest BCUT2D eigenvalue weighted by molar-refractivity contribution is 7.93. The van der Waals surface area contributed by atoms with E-state index in [9.17, 15) is 8.42 Å². The van der Waals surface area contributed by atoms with Crippen molar-refractivity contribution in [1.82, 2.24) is 20.6 Å². The van der Waals surface area contributed by atoms with E-state index >= 15 is 0 Å². The van der Waals surface area contributed by atoms with Crippen LogP contribution >= 0.6 is 24.8 Å². The average molecular weight is 581 g/mol. The summed E-state index contributed by atoms with van der Waals surface area (Å²) in [4.78, 5) is 0. The van der Waals surface area contributed by atoms with Gasteiger partial charge in [0.2, 0.25) is 0 Å². The molecule has 5 aromatic rings. The van der Waals surface area contributed by atoms with Gasteiger partial charge in [-0.2, -0.15) is 18.7 Å². The molecular weight excluding hydrogens is 549 g/mol. The quantitative estimate of drug-likeness (QED) is 0.221. The summed E-state index contributed by atoms with van der Waals surface area (Å²) in [5.74, 6) is 3.72. The van der Waals surface area contributed by atoms with Crippen molar-refractivity contribution in [2.24, 2.45) is 0 Å². The Bertz CT molecular complexity index is 1680. The number of sulfone groups is 1. The molecule has 5 rings (SSSR count). The summed E-state index contributed by atoms with van der Waals surface area (Å²) >= 11 is 1.32. The maximum atomic E-state index is 12.6. The van der Waals surface area contributed by atoms with Crippen LogP contribution < -0.4 is 4.74 Å². The topological polar surface area (TPSA) is 97.8 Å². The number of thiophene rings is 1. The van der Waals surface area contributed by atoms with Gasteiger partial charge in [-0.05, 0) is 66.8 Å². The molecule has 0 unspecified atom stereocenters. The van der Waals surface area contributed by atoms with E-state index < -0.39 is 9.84 Å². The van der Waals surface area contributed by atoms with Gasteiger partial charge in [-0.25, -0.2) is 8.42 Å². The van der Waals surface area contributed by atoms with Gasteiger partial charge in [0.15, 0.2) is 15.7 Å². The van der Waals surface area contributed by atoms with Crippen LogP contribution in [0.2, 0.25) is 0 Å². The lowest BCUT2D eigenvalue weighted by atomic mass is 9.99. The van der Waals surface area contributed by atoms with Gasteiger partial charge in [-0.15, -0.1) is 33.9 Å². The number of H-pyrrole nitrogens is 1. The standard InChI is InChI=1S/C26H24N4O3S2.C3H4.H2S.H2/c1-17-5-3-4-6-21(17)25-22-15-19(9-13-23(22)34-26(25)35(2,31)32)16-33-20-11-7-18(8-12-20)10-14-24-27-29-30-28-24;1-3-2;;/h3-9,11-13,15H,10,14,16H2,1-2H3,(H,27,28,29,30);1H,2H3;1H2;1H. The highest BCUT2D eigenvalue weighted by atomic mass is 32.2. The Hall–Kier alpha value is -3.65.